The Morgan fingerprint density at radius 3 is 2.68 bits per heavy atom. The third kappa shape index (κ3) is 2.73. The van der Waals surface area contributed by atoms with Crippen molar-refractivity contribution >= 4 is 34.2 Å². The van der Waals surface area contributed by atoms with E-state index in [0.717, 1.165) is 5.56 Å². The molecule has 0 saturated carbocycles. The van der Waals surface area contributed by atoms with E-state index in [9.17, 15) is 9.59 Å². The van der Waals surface area contributed by atoms with E-state index in [-0.39, 0.29) is 5.56 Å². The molecule has 3 aromatic rings. The highest BCUT2D eigenvalue weighted by molar-refractivity contribution is 6.31. The van der Waals surface area contributed by atoms with Crippen LogP contribution in [0, 0.1) is 6.92 Å². The number of fused-ring (bicyclic) bond motifs is 1. The van der Waals surface area contributed by atoms with Gasteiger partial charge in [-0.1, -0.05) is 29.8 Å². The van der Waals surface area contributed by atoms with Crippen molar-refractivity contribution in [2.45, 2.75) is 6.92 Å². The van der Waals surface area contributed by atoms with Gasteiger partial charge in [0, 0.05) is 16.1 Å². The minimum atomic E-state index is -0.680. The Labute approximate surface area is 131 Å². The van der Waals surface area contributed by atoms with Crippen LogP contribution in [0.3, 0.4) is 0 Å². The zero-order valence-corrected chi connectivity index (χ0v) is 12.5. The lowest BCUT2D eigenvalue weighted by molar-refractivity contribution is 0.102. The predicted molar refractivity (Wildman–Crippen MR) is 86.6 cm³/mol. The Hall–Kier alpha value is -2.59. The maximum atomic E-state index is 12.3. The fourth-order valence-corrected chi connectivity index (χ4v) is 2.34. The van der Waals surface area contributed by atoms with Crippen LogP contribution < -0.4 is 10.9 Å². The molecular weight excluding hydrogens is 302 g/mol. The fourth-order valence-electron chi connectivity index (χ4n) is 2.16. The van der Waals surface area contributed by atoms with Crippen LogP contribution >= 0.6 is 11.6 Å². The Balaban J connectivity index is 2.02. The molecule has 0 aliphatic carbocycles. The van der Waals surface area contributed by atoms with Crippen LogP contribution in [0.15, 0.2) is 57.7 Å². The number of amides is 1. The zero-order valence-electron chi connectivity index (χ0n) is 11.7. The molecule has 1 amide bonds. The van der Waals surface area contributed by atoms with E-state index in [2.05, 4.69) is 5.32 Å². The number of nitrogens with one attached hydrogen (secondary N) is 1. The maximum Gasteiger partial charge on any atom is 0.349 e. The second kappa shape index (κ2) is 5.66. The molecule has 3 rings (SSSR count). The maximum absolute atomic E-state index is 12.3. The lowest BCUT2D eigenvalue weighted by Gasteiger charge is -2.07. The molecule has 22 heavy (non-hydrogen) atoms. The third-order valence-corrected chi connectivity index (χ3v) is 3.57. The standard InChI is InChI=1S/C17H12ClNO3/c1-10-4-2-3-5-14(10)19-16(20)13-9-11-8-12(18)6-7-15(11)22-17(13)21/h2-9H,1H3,(H,19,20). The Kier molecular flexibility index (Phi) is 3.69. The minimum Gasteiger partial charge on any atom is -0.422 e. The summed E-state index contributed by atoms with van der Waals surface area (Å²) in [6.45, 7) is 1.87. The summed E-state index contributed by atoms with van der Waals surface area (Å²) in [4.78, 5) is 24.3. The van der Waals surface area contributed by atoms with Crippen LogP contribution in [0.25, 0.3) is 11.0 Å². The summed E-state index contributed by atoms with van der Waals surface area (Å²) in [6, 6.07) is 13.7. The smallest absolute Gasteiger partial charge is 0.349 e. The average molecular weight is 314 g/mol. The summed E-state index contributed by atoms with van der Waals surface area (Å²) in [7, 11) is 0. The summed E-state index contributed by atoms with van der Waals surface area (Å²) < 4.78 is 5.16. The van der Waals surface area contributed by atoms with Gasteiger partial charge in [0.2, 0.25) is 0 Å². The summed E-state index contributed by atoms with van der Waals surface area (Å²) in [5.41, 5.74) is 1.21. The lowest BCUT2D eigenvalue weighted by atomic mass is 10.1. The molecule has 4 nitrogen and oxygen atoms in total. The molecule has 2 aromatic carbocycles. The second-order valence-electron chi connectivity index (χ2n) is 4.90. The number of halogens is 1. The van der Waals surface area contributed by atoms with Crippen LogP contribution in [0.2, 0.25) is 5.02 Å². The highest BCUT2D eigenvalue weighted by Crippen LogP contribution is 2.20. The molecule has 0 bridgehead atoms. The quantitative estimate of drug-likeness (QED) is 0.727. The number of para-hydroxylation sites is 1. The largest absolute Gasteiger partial charge is 0.422 e. The summed E-state index contributed by atoms with van der Waals surface area (Å²) >= 11 is 5.92. The monoisotopic (exact) mass is 313 g/mol. The van der Waals surface area contributed by atoms with Gasteiger partial charge in [-0.05, 0) is 42.8 Å². The highest BCUT2D eigenvalue weighted by Gasteiger charge is 2.14. The van der Waals surface area contributed by atoms with Crippen molar-refractivity contribution in [2.75, 3.05) is 5.32 Å². The van der Waals surface area contributed by atoms with Crippen LogP contribution in [-0.4, -0.2) is 5.91 Å². The first kappa shape index (κ1) is 14.4. The predicted octanol–water partition coefficient (Wildman–Crippen LogP) is 4.01. The first-order valence-electron chi connectivity index (χ1n) is 6.65. The second-order valence-corrected chi connectivity index (χ2v) is 5.34. The van der Waals surface area contributed by atoms with Crippen molar-refractivity contribution in [3.63, 3.8) is 0 Å². The van der Waals surface area contributed by atoms with Crippen molar-refractivity contribution in [3.05, 3.63) is 75.1 Å². The average Bonchev–Trinajstić information content (AvgIpc) is 2.49. The van der Waals surface area contributed by atoms with Crippen LogP contribution in [0.4, 0.5) is 5.69 Å². The number of carbonyl (C=O) groups excluding carboxylic acids is 1. The molecule has 1 aromatic heterocycles. The molecule has 0 aliphatic heterocycles. The van der Waals surface area contributed by atoms with E-state index >= 15 is 0 Å². The summed E-state index contributed by atoms with van der Waals surface area (Å²) in [5, 5.41) is 3.82. The Bertz CT molecular complexity index is 931. The van der Waals surface area contributed by atoms with Crippen LogP contribution in [-0.2, 0) is 0 Å². The van der Waals surface area contributed by atoms with E-state index < -0.39 is 11.5 Å². The minimum absolute atomic E-state index is 0.0574. The first-order valence-corrected chi connectivity index (χ1v) is 7.03. The number of hydrogen-bond donors (Lipinski definition) is 1. The van der Waals surface area contributed by atoms with E-state index in [1.54, 1.807) is 24.3 Å². The van der Waals surface area contributed by atoms with Gasteiger partial charge in [-0.25, -0.2) is 4.79 Å². The van der Waals surface area contributed by atoms with Gasteiger partial charge in [0.1, 0.15) is 11.1 Å². The number of anilines is 1. The van der Waals surface area contributed by atoms with Crippen molar-refractivity contribution in [2.24, 2.45) is 0 Å². The molecule has 0 spiro atoms. The molecular formula is C17H12ClNO3. The molecule has 0 fully saturated rings. The van der Waals surface area contributed by atoms with Gasteiger partial charge >= 0.3 is 5.63 Å². The molecule has 1 heterocycles. The number of hydrogen-bond acceptors (Lipinski definition) is 3. The molecule has 0 saturated heterocycles. The molecule has 0 unspecified atom stereocenters. The Morgan fingerprint density at radius 2 is 1.91 bits per heavy atom. The van der Waals surface area contributed by atoms with E-state index in [1.165, 1.54) is 6.07 Å². The van der Waals surface area contributed by atoms with E-state index in [0.29, 0.717) is 21.7 Å². The molecule has 0 radical (unpaired) electrons. The molecule has 0 aliphatic rings. The van der Waals surface area contributed by atoms with Crippen molar-refractivity contribution in [1.29, 1.82) is 0 Å². The Morgan fingerprint density at radius 1 is 1.14 bits per heavy atom. The summed E-state index contributed by atoms with van der Waals surface area (Å²) in [6.07, 6.45) is 0. The first-order chi connectivity index (χ1) is 10.5. The van der Waals surface area contributed by atoms with Gasteiger partial charge in [0.05, 0.1) is 0 Å². The lowest BCUT2D eigenvalue weighted by Crippen LogP contribution is -2.21. The number of aryl methyl sites for hydroxylation is 1. The van der Waals surface area contributed by atoms with Gasteiger partial charge in [-0.3, -0.25) is 4.79 Å². The van der Waals surface area contributed by atoms with Crippen LogP contribution in [0.1, 0.15) is 15.9 Å². The van der Waals surface area contributed by atoms with Gasteiger partial charge in [0.25, 0.3) is 5.91 Å². The van der Waals surface area contributed by atoms with Gasteiger partial charge < -0.3 is 9.73 Å². The van der Waals surface area contributed by atoms with Crippen molar-refractivity contribution in [3.8, 4) is 0 Å². The number of benzene rings is 2. The van der Waals surface area contributed by atoms with E-state index in [1.807, 2.05) is 25.1 Å². The van der Waals surface area contributed by atoms with Gasteiger partial charge in [-0.2, -0.15) is 0 Å². The summed E-state index contributed by atoms with van der Waals surface area (Å²) in [5.74, 6) is -0.509. The topological polar surface area (TPSA) is 59.3 Å². The molecule has 1 N–H and O–H groups in total. The van der Waals surface area contributed by atoms with Gasteiger partial charge in [-0.15, -0.1) is 0 Å². The number of carbonyl (C=O) groups is 1. The SMILES string of the molecule is Cc1ccccc1NC(=O)c1cc2cc(Cl)ccc2oc1=O. The highest BCUT2D eigenvalue weighted by atomic mass is 35.5. The normalized spacial score (nSPS) is 10.6. The van der Waals surface area contributed by atoms with E-state index in [4.69, 9.17) is 16.0 Å². The fraction of sp³-hybridized carbons (Fsp3) is 0.0588. The third-order valence-electron chi connectivity index (χ3n) is 3.33. The molecule has 0 atom stereocenters. The zero-order chi connectivity index (χ0) is 15.7. The van der Waals surface area contributed by atoms with Crippen molar-refractivity contribution < 1.29 is 9.21 Å². The van der Waals surface area contributed by atoms with Gasteiger partial charge in [0.15, 0.2) is 0 Å². The van der Waals surface area contributed by atoms with Crippen LogP contribution in [0.5, 0.6) is 0 Å². The number of rotatable bonds is 2. The molecule has 5 heteroatoms. The van der Waals surface area contributed by atoms with Crippen molar-refractivity contribution in [1.82, 2.24) is 0 Å². The molecule has 110 valence electrons.